The summed E-state index contributed by atoms with van der Waals surface area (Å²) in [5.41, 5.74) is 0. The molecule has 0 fully saturated rings. The normalized spacial score (nSPS) is 12.0. The number of rotatable bonds is 5. The van der Waals surface area contributed by atoms with Gasteiger partial charge in [-0.3, -0.25) is 4.79 Å². The number of aliphatic carboxylic acids is 1. The highest BCUT2D eigenvalue weighted by Crippen LogP contribution is 2.01. The molecule has 4 heteroatoms. The van der Waals surface area contributed by atoms with Crippen molar-refractivity contribution in [1.29, 1.82) is 5.26 Å². The number of carboxylic acids is 1. The maximum Gasteiger partial charge on any atom is 0.320 e. The van der Waals surface area contributed by atoms with Crippen molar-refractivity contribution in [3.05, 3.63) is 0 Å². The van der Waals surface area contributed by atoms with Crippen molar-refractivity contribution in [2.24, 2.45) is 5.92 Å². The van der Waals surface area contributed by atoms with E-state index in [0.29, 0.717) is 13.2 Å². The third-order valence-electron chi connectivity index (χ3n) is 1.21. The molecule has 0 aliphatic carbocycles. The Balaban J connectivity index is 3.55. The Labute approximate surface area is 65.4 Å². The zero-order valence-electron chi connectivity index (χ0n) is 6.41. The molecule has 1 atom stereocenters. The lowest BCUT2D eigenvalue weighted by molar-refractivity contribution is -0.140. The highest BCUT2D eigenvalue weighted by molar-refractivity contribution is 5.72. The van der Waals surface area contributed by atoms with Crippen LogP contribution in [0.2, 0.25) is 0 Å². The zero-order valence-corrected chi connectivity index (χ0v) is 6.41. The van der Waals surface area contributed by atoms with E-state index in [0.717, 1.165) is 0 Å². The van der Waals surface area contributed by atoms with E-state index in [1.807, 2.05) is 6.92 Å². The largest absolute Gasteiger partial charge is 0.480 e. The van der Waals surface area contributed by atoms with E-state index in [1.165, 1.54) is 0 Å². The van der Waals surface area contributed by atoms with Gasteiger partial charge in [-0.25, -0.2) is 0 Å². The topological polar surface area (TPSA) is 70.3 Å². The van der Waals surface area contributed by atoms with Gasteiger partial charge in [-0.2, -0.15) is 5.26 Å². The van der Waals surface area contributed by atoms with Crippen LogP contribution in [0.25, 0.3) is 0 Å². The fourth-order valence-corrected chi connectivity index (χ4v) is 0.589. The number of carbonyl (C=O) groups is 1. The van der Waals surface area contributed by atoms with E-state index >= 15 is 0 Å². The number of hydrogen-bond acceptors (Lipinski definition) is 3. The van der Waals surface area contributed by atoms with Crippen LogP contribution in [-0.2, 0) is 9.53 Å². The molecule has 0 saturated heterocycles. The van der Waals surface area contributed by atoms with Crippen LogP contribution in [0.4, 0.5) is 0 Å². The second-order valence-corrected chi connectivity index (χ2v) is 2.01. The van der Waals surface area contributed by atoms with E-state index in [9.17, 15) is 4.79 Å². The molecule has 1 N–H and O–H groups in total. The highest BCUT2D eigenvalue weighted by atomic mass is 16.5. The van der Waals surface area contributed by atoms with Crippen LogP contribution in [0.15, 0.2) is 0 Å². The van der Waals surface area contributed by atoms with Gasteiger partial charge in [-0.05, 0) is 13.3 Å². The first-order valence-electron chi connectivity index (χ1n) is 3.42. The first-order chi connectivity index (χ1) is 5.22. The number of nitrogens with zero attached hydrogens (tertiary/aromatic N) is 1. The summed E-state index contributed by atoms with van der Waals surface area (Å²) in [7, 11) is 0. The van der Waals surface area contributed by atoms with Crippen LogP contribution in [0.1, 0.15) is 13.3 Å². The predicted octanol–water partition coefficient (Wildman–Crippen LogP) is 0.637. The third-order valence-corrected chi connectivity index (χ3v) is 1.21. The number of ether oxygens (including phenoxy) is 1. The second-order valence-electron chi connectivity index (χ2n) is 2.01. The molecule has 11 heavy (non-hydrogen) atoms. The molecule has 0 aliphatic heterocycles. The highest BCUT2D eigenvalue weighted by Gasteiger charge is 2.15. The van der Waals surface area contributed by atoms with E-state index in [1.54, 1.807) is 6.07 Å². The standard InChI is InChI=1S/C7H11NO3/c1-2-11-4-3-6(5-8)7(9)10/h6H,2-4H2,1H3,(H,9,10). The number of hydrogen-bond donors (Lipinski definition) is 1. The molecule has 0 amide bonds. The first-order valence-corrected chi connectivity index (χ1v) is 3.42. The van der Waals surface area contributed by atoms with Crippen molar-refractivity contribution < 1.29 is 14.6 Å². The zero-order chi connectivity index (χ0) is 8.69. The summed E-state index contributed by atoms with van der Waals surface area (Å²) in [6, 6.07) is 1.68. The molecule has 0 aromatic rings. The Bertz CT molecular complexity index is 162. The van der Waals surface area contributed by atoms with Crippen molar-refractivity contribution >= 4 is 5.97 Å². The fourth-order valence-electron chi connectivity index (χ4n) is 0.589. The van der Waals surface area contributed by atoms with E-state index in [4.69, 9.17) is 15.1 Å². The molecule has 62 valence electrons. The molecular formula is C7H11NO3. The average molecular weight is 157 g/mol. The lowest BCUT2D eigenvalue weighted by atomic mass is 10.1. The maximum absolute atomic E-state index is 10.2. The van der Waals surface area contributed by atoms with E-state index in [-0.39, 0.29) is 6.42 Å². The van der Waals surface area contributed by atoms with Crippen molar-refractivity contribution in [3.8, 4) is 6.07 Å². The Hall–Kier alpha value is -1.08. The van der Waals surface area contributed by atoms with Crippen LogP contribution in [0.3, 0.4) is 0 Å². The minimum absolute atomic E-state index is 0.264. The Morgan fingerprint density at radius 1 is 1.82 bits per heavy atom. The second kappa shape index (κ2) is 5.69. The fraction of sp³-hybridized carbons (Fsp3) is 0.714. The summed E-state index contributed by atoms with van der Waals surface area (Å²) < 4.78 is 4.90. The Kier molecular flexibility index (Phi) is 5.13. The molecule has 0 rings (SSSR count). The molecule has 0 radical (unpaired) electrons. The van der Waals surface area contributed by atoms with Crippen LogP contribution >= 0.6 is 0 Å². The van der Waals surface area contributed by atoms with Crippen LogP contribution in [0, 0.1) is 17.2 Å². The van der Waals surface area contributed by atoms with Crippen molar-refractivity contribution in [2.45, 2.75) is 13.3 Å². The Morgan fingerprint density at radius 2 is 2.45 bits per heavy atom. The maximum atomic E-state index is 10.2. The minimum atomic E-state index is -1.08. The molecular weight excluding hydrogens is 146 g/mol. The molecule has 0 aromatic carbocycles. The van der Waals surface area contributed by atoms with Gasteiger partial charge in [-0.15, -0.1) is 0 Å². The smallest absolute Gasteiger partial charge is 0.320 e. The van der Waals surface area contributed by atoms with Crippen LogP contribution in [-0.4, -0.2) is 24.3 Å². The van der Waals surface area contributed by atoms with Crippen molar-refractivity contribution in [2.75, 3.05) is 13.2 Å². The number of nitriles is 1. The van der Waals surface area contributed by atoms with Crippen LogP contribution in [0.5, 0.6) is 0 Å². The van der Waals surface area contributed by atoms with Gasteiger partial charge in [0.25, 0.3) is 0 Å². The molecule has 0 heterocycles. The lowest BCUT2D eigenvalue weighted by Crippen LogP contribution is -2.13. The average Bonchev–Trinajstić information content (AvgIpc) is 1.97. The lowest BCUT2D eigenvalue weighted by Gasteiger charge is -2.02. The van der Waals surface area contributed by atoms with Gasteiger partial charge in [0.2, 0.25) is 0 Å². The molecule has 1 unspecified atom stereocenters. The summed E-state index contributed by atoms with van der Waals surface area (Å²) >= 11 is 0. The van der Waals surface area contributed by atoms with Gasteiger partial charge in [0.05, 0.1) is 6.07 Å². The van der Waals surface area contributed by atoms with Gasteiger partial charge in [-0.1, -0.05) is 0 Å². The van der Waals surface area contributed by atoms with Gasteiger partial charge in [0, 0.05) is 13.2 Å². The number of carboxylic acid groups (broad SMARTS) is 1. The predicted molar refractivity (Wildman–Crippen MR) is 37.8 cm³/mol. The monoisotopic (exact) mass is 157 g/mol. The molecule has 0 bridgehead atoms. The summed E-state index contributed by atoms with van der Waals surface area (Å²) in [6.07, 6.45) is 0.264. The Morgan fingerprint density at radius 3 is 2.82 bits per heavy atom. The van der Waals surface area contributed by atoms with Gasteiger partial charge < -0.3 is 9.84 Å². The summed E-state index contributed by atoms with van der Waals surface area (Å²) in [4.78, 5) is 10.2. The summed E-state index contributed by atoms with van der Waals surface area (Å²) in [6.45, 7) is 2.71. The van der Waals surface area contributed by atoms with Crippen LogP contribution < -0.4 is 0 Å². The quantitative estimate of drug-likeness (QED) is 0.594. The molecule has 0 aromatic heterocycles. The van der Waals surface area contributed by atoms with Gasteiger partial charge in [0.1, 0.15) is 5.92 Å². The summed E-state index contributed by atoms with van der Waals surface area (Å²) in [5.74, 6) is -2.01. The molecule has 0 spiro atoms. The molecule has 4 nitrogen and oxygen atoms in total. The summed E-state index contributed by atoms with van der Waals surface area (Å²) in [5, 5.41) is 16.7. The SMILES string of the molecule is CCOCCC(C#N)C(=O)O. The molecule has 0 aliphatic rings. The molecule has 0 saturated carbocycles. The third kappa shape index (κ3) is 4.34. The first kappa shape index (κ1) is 9.92. The van der Waals surface area contributed by atoms with Crippen molar-refractivity contribution in [3.63, 3.8) is 0 Å². The van der Waals surface area contributed by atoms with Gasteiger partial charge >= 0.3 is 5.97 Å². The van der Waals surface area contributed by atoms with Crippen molar-refractivity contribution in [1.82, 2.24) is 0 Å². The van der Waals surface area contributed by atoms with E-state index in [2.05, 4.69) is 0 Å². The van der Waals surface area contributed by atoms with Gasteiger partial charge in [0.15, 0.2) is 0 Å². The van der Waals surface area contributed by atoms with E-state index < -0.39 is 11.9 Å². The minimum Gasteiger partial charge on any atom is -0.480 e.